The number of benzene rings is 1. The molecule has 0 amide bonds. The average molecular weight is 200 g/mol. The third kappa shape index (κ3) is 1.71. The largest absolute Gasteiger partial charge is 0.506 e. The number of aromatic nitrogens is 1. The van der Waals surface area contributed by atoms with Gasteiger partial charge in [-0.15, -0.1) is 0 Å². The lowest BCUT2D eigenvalue weighted by Gasteiger charge is -2.03. The number of isocyanates is 1. The van der Waals surface area contributed by atoms with E-state index in [1.165, 1.54) is 6.08 Å². The van der Waals surface area contributed by atoms with E-state index in [0.29, 0.717) is 5.52 Å². The molecular formula is C11H8N2O2. The fourth-order valence-corrected chi connectivity index (χ4v) is 1.47. The lowest BCUT2D eigenvalue weighted by atomic mass is 10.1. The molecule has 4 heteroatoms. The van der Waals surface area contributed by atoms with E-state index in [0.717, 1.165) is 10.9 Å². The van der Waals surface area contributed by atoms with Gasteiger partial charge < -0.3 is 5.11 Å². The molecule has 0 fully saturated rings. The minimum absolute atomic E-state index is 0.129. The summed E-state index contributed by atoms with van der Waals surface area (Å²) in [5, 5.41) is 10.4. The van der Waals surface area contributed by atoms with Crippen LogP contribution in [0.3, 0.4) is 0 Å². The molecular weight excluding hydrogens is 192 g/mol. The number of phenols is 1. The first-order valence-electron chi connectivity index (χ1n) is 4.42. The molecule has 0 radical (unpaired) electrons. The van der Waals surface area contributed by atoms with Gasteiger partial charge in [0.15, 0.2) is 0 Å². The smallest absolute Gasteiger partial charge is 0.235 e. The zero-order valence-electron chi connectivity index (χ0n) is 7.84. The zero-order chi connectivity index (χ0) is 10.7. The first-order chi connectivity index (χ1) is 7.33. The first-order valence-corrected chi connectivity index (χ1v) is 4.42. The van der Waals surface area contributed by atoms with E-state index in [-0.39, 0.29) is 12.3 Å². The van der Waals surface area contributed by atoms with Crippen molar-refractivity contribution in [3.05, 3.63) is 36.0 Å². The number of pyridine rings is 1. The molecule has 2 aromatic rings. The van der Waals surface area contributed by atoms with Crippen molar-refractivity contribution < 1.29 is 9.90 Å². The van der Waals surface area contributed by atoms with E-state index in [9.17, 15) is 9.90 Å². The van der Waals surface area contributed by atoms with Gasteiger partial charge in [-0.3, -0.25) is 4.98 Å². The van der Waals surface area contributed by atoms with Crippen molar-refractivity contribution >= 4 is 17.0 Å². The van der Waals surface area contributed by atoms with Gasteiger partial charge >= 0.3 is 0 Å². The molecule has 15 heavy (non-hydrogen) atoms. The molecule has 1 N–H and O–H groups in total. The summed E-state index contributed by atoms with van der Waals surface area (Å²) in [6, 6.07) is 6.87. The second-order valence-corrected chi connectivity index (χ2v) is 3.05. The van der Waals surface area contributed by atoms with Gasteiger partial charge in [-0.05, 0) is 17.7 Å². The van der Waals surface area contributed by atoms with E-state index in [2.05, 4.69) is 9.98 Å². The molecule has 0 saturated heterocycles. The van der Waals surface area contributed by atoms with Gasteiger partial charge in [0.25, 0.3) is 0 Å². The average Bonchev–Trinajstić information content (AvgIpc) is 2.29. The highest BCUT2D eigenvalue weighted by Crippen LogP contribution is 2.25. The van der Waals surface area contributed by atoms with Crippen molar-refractivity contribution in [2.24, 2.45) is 4.99 Å². The first kappa shape index (κ1) is 9.37. The Labute approximate surface area is 85.9 Å². The number of rotatable bonds is 2. The maximum absolute atomic E-state index is 10.0. The molecule has 4 nitrogen and oxygen atoms in total. The van der Waals surface area contributed by atoms with Crippen LogP contribution in [-0.4, -0.2) is 16.2 Å². The van der Waals surface area contributed by atoms with Crippen LogP contribution in [0.1, 0.15) is 5.56 Å². The Balaban J connectivity index is 2.65. The summed E-state index contributed by atoms with van der Waals surface area (Å²) in [6.07, 6.45) is 3.09. The number of aliphatic imine (C=N–C) groups is 1. The molecule has 0 unspecified atom stereocenters. The van der Waals surface area contributed by atoms with Crippen LogP contribution in [0.2, 0.25) is 0 Å². The maximum Gasteiger partial charge on any atom is 0.235 e. The molecule has 0 bridgehead atoms. The Morgan fingerprint density at radius 1 is 1.40 bits per heavy atom. The number of carbonyl (C=O) groups excluding carboxylic acids is 1. The molecule has 0 saturated carbocycles. The summed E-state index contributed by atoms with van der Waals surface area (Å²) < 4.78 is 0. The Hall–Kier alpha value is -2.19. The van der Waals surface area contributed by atoms with Gasteiger partial charge in [0, 0.05) is 11.6 Å². The lowest BCUT2D eigenvalue weighted by Crippen LogP contribution is -1.86. The number of hydrogen-bond donors (Lipinski definition) is 1. The van der Waals surface area contributed by atoms with E-state index in [1.807, 2.05) is 6.07 Å². The summed E-state index contributed by atoms with van der Waals surface area (Å²) in [6.45, 7) is 0.256. The Kier molecular flexibility index (Phi) is 2.44. The Morgan fingerprint density at radius 3 is 3.07 bits per heavy atom. The summed E-state index contributed by atoms with van der Waals surface area (Å²) in [7, 11) is 0. The number of aromatic hydroxyl groups is 1. The van der Waals surface area contributed by atoms with Crippen molar-refractivity contribution in [2.75, 3.05) is 0 Å². The van der Waals surface area contributed by atoms with Gasteiger partial charge in [0.2, 0.25) is 6.08 Å². The Bertz CT molecular complexity index is 545. The van der Waals surface area contributed by atoms with Crippen LogP contribution in [0, 0.1) is 0 Å². The number of phenolic OH excluding ortho intramolecular Hbond substituents is 1. The SMILES string of the molecule is O=C=NCc1ccc(O)c2ncccc12. The van der Waals surface area contributed by atoms with Crippen LogP contribution in [0.25, 0.3) is 10.9 Å². The van der Waals surface area contributed by atoms with E-state index < -0.39 is 0 Å². The van der Waals surface area contributed by atoms with Crippen molar-refractivity contribution in [3.63, 3.8) is 0 Å². The lowest BCUT2D eigenvalue weighted by molar-refractivity contribution is 0.480. The standard InChI is InChI=1S/C11H8N2O2/c14-7-12-6-8-3-4-10(15)11-9(8)2-1-5-13-11/h1-5,15H,6H2. The normalized spacial score (nSPS) is 9.87. The summed E-state index contributed by atoms with van der Waals surface area (Å²) in [4.78, 5) is 17.6. The minimum Gasteiger partial charge on any atom is -0.506 e. The predicted molar refractivity (Wildman–Crippen MR) is 55.2 cm³/mol. The number of fused-ring (bicyclic) bond motifs is 1. The summed E-state index contributed by atoms with van der Waals surface area (Å²) in [5.41, 5.74) is 1.37. The molecule has 0 aliphatic rings. The van der Waals surface area contributed by atoms with Crippen molar-refractivity contribution in [1.82, 2.24) is 4.98 Å². The molecule has 74 valence electrons. The molecule has 0 aliphatic heterocycles. The summed E-state index contributed by atoms with van der Waals surface area (Å²) in [5.74, 6) is 0.129. The van der Waals surface area contributed by atoms with Crippen molar-refractivity contribution in [1.29, 1.82) is 0 Å². The second-order valence-electron chi connectivity index (χ2n) is 3.05. The van der Waals surface area contributed by atoms with Crippen LogP contribution >= 0.6 is 0 Å². The summed E-state index contributed by atoms with van der Waals surface area (Å²) >= 11 is 0. The topological polar surface area (TPSA) is 62.5 Å². The van der Waals surface area contributed by atoms with E-state index in [4.69, 9.17) is 0 Å². The quantitative estimate of drug-likeness (QED) is 0.593. The third-order valence-electron chi connectivity index (χ3n) is 2.15. The monoisotopic (exact) mass is 200 g/mol. The highest BCUT2D eigenvalue weighted by atomic mass is 16.3. The highest BCUT2D eigenvalue weighted by molar-refractivity contribution is 5.87. The fourth-order valence-electron chi connectivity index (χ4n) is 1.47. The molecule has 1 heterocycles. The van der Waals surface area contributed by atoms with Gasteiger partial charge in [0.05, 0.1) is 6.54 Å². The Morgan fingerprint density at radius 2 is 2.27 bits per heavy atom. The zero-order valence-corrected chi connectivity index (χ0v) is 7.84. The van der Waals surface area contributed by atoms with E-state index >= 15 is 0 Å². The van der Waals surface area contributed by atoms with Gasteiger partial charge in [-0.2, -0.15) is 0 Å². The van der Waals surface area contributed by atoms with Crippen LogP contribution in [-0.2, 0) is 11.3 Å². The molecule has 1 aromatic carbocycles. The van der Waals surface area contributed by atoms with Crippen LogP contribution in [0.5, 0.6) is 5.75 Å². The van der Waals surface area contributed by atoms with Crippen LogP contribution in [0.4, 0.5) is 0 Å². The van der Waals surface area contributed by atoms with Gasteiger partial charge in [0.1, 0.15) is 11.3 Å². The molecule has 0 atom stereocenters. The number of hydrogen-bond acceptors (Lipinski definition) is 4. The molecule has 1 aromatic heterocycles. The van der Waals surface area contributed by atoms with Gasteiger partial charge in [-0.1, -0.05) is 12.1 Å². The second kappa shape index (κ2) is 3.90. The molecule has 0 aliphatic carbocycles. The molecule has 0 spiro atoms. The number of nitrogens with zero attached hydrogens (tertiary/aromatic N) is 2. The fraction of sp³-hybridized carbons (Fsp3) is 0.0909. The van der Waals surface area contributed by atoms with Crippen molar-refractivity contribution in [2.45, 2.75) is 6.54 Å². The molecule has 2 rings (SSSR count). The minimum atomic E-state index is 0.129. The van der Waals surface area contributed by atoms with E-state index in [1.54, 1.807) is 24.4 Å². The predicted octanol–water partition coefficient (Wildman–Crippen LogP) is 1.78. The van der Waals surface area contributed by atoms with Crippen LogP contribution < -0.4 is 0 Å². The van der Waals surface area contributed by atoms with Gasteiger partial charge in [-0.25, -0.2) is 9.79 Å². The van der Waals surface area contributed by atoms with Crippen LogP contribution in [0.15, 0.2) is 35.5 Å². The third-order valence-corrected chi connectivity index (χ3v) is 2.15. The highest BCUT2D eigenvalue weighted by Gasteiger charge is 2.04. The van der Waals surface area contributed by atoms with Crippen molar-refractivity contribution in [3.8, 4) is 5.75 Å². The maximum atomic E-state index is 10.0.